The molecule has 0 spiro atoms. The van der Waals surface area contributed by atoms with E-state index in [9.17, 15) is 13.2 Å². The summed E-state index contributed by atoms with van der Waals surface area (Å²) in [7, 11) is -0.550. The van der Waals surface area contributed by atoms with Gasteiger partial charge in [0.15, 0.2) is 0 Å². The van der Waals surface area contributed by atoms with Gasteiger partial charge in [0.05, 0.1) is 11.4 Å². The van der Waals surface area contributed by atoms with Gasteiger partial charge in [0.1, 0.15) is 0 Å². The summed E-state index contributed by atoms with van der Waals surface area (Å²) in [5.41, 5.74) is 3.09. The number of carbonyl (C=O) groups is 1. The number of nitrogens with zero attached hydrogens (tertiary/aromatic N) is 1. The quantitative estimate of drug-likeness (QED) is 0.761. The van der Waals surface area contributed by atoms with E-state index < -0.39 is 10.0 Å². The van der Waals surface area contributed by atoms with Gasteiger partial charge in [0, 0.05) is 25.5 Å². The molecular weight excluding hydrogens is 362 g/mol. The van der Waals surface area contributed by atoms with E-state index in [1.165, 1.54) is 18.4 Å². The standard InChI is InChI=1S/C20H27N3O3S/c1-14(2)17-8-6-7-9-18(17)22-20(24)13-21-16-11-10-15(3)19(12-16)27(25,26)23(4)5/h6-12,14,21H,13H2,1-5H3,(H,22,24). The predicted molar refractivity (Wildman–Crippen MR) is 110 cm³/mol. The maximum absolute atomic E-state index is 12.4. The molecule has 0 unspecified atom stereocenters. The van der Waals surface area contributed by atoms with Crippen LogP contribution in [0.4, 0.5) is 11.4 Å². The van der Waals surface area contributed by atoms with E-state index in [1.54, 1.807) is 25.1 Å². The summed E-state index contributed by atoms with van der Waals surface area (Å²) in [6.45, 7) is 5.93. The first kappa shape index (κ1) is 20.9. The molecule has 2 aromatic rings. The van der Waals surface area contributed by atoms with E-state index in [4.69, 9.17) is 0 Å². The molecule has 2 aromatic carbocycles. The largest absolute Gasteiger partial charge is 0.376 e. The maximum Gasteiger partial charge on any atom is 0.243 e. The number of carbonyl (C=O) groups excluding carboxylic acids is 1. The van der Waals surface area contributed by atoms with Crippen molar-refractivity contribution >= 4 is 27.3 Å². The molecule has 0 bridgehead atoms. The Morgan fingerprint density at radius 2 is 1.78 bits per heavy atom. The van der Waals surface area contributed by atoms with Crippen LogP contribution in [0.2, 0.25) is 0 Å². The second kappa shape index (κ2) is 8.54. The number of aryl methyl sites for hydroxylation is 1. The lowest BCUT2D eigenvalue weighted by molar-refractivity contribution is -0.114. The zero-order valence-electron chi connectivity index (χ0n) is 16.4. The number of hydrogen-bond acceptors (Lipinski definition) is 4. The first-order valence-corrected chi connectivity index (χ1v) is 10.2. The highest BCUT2D eigenvalue weighted by Gasteiger charge is 2.20. The fraction of sp³-hybridized carbons (Fsp3) is 0.350. The summed E-state index contributed by atoms with van der Waals surface area (Å²) < 4.78 is 26.0. The lowest BCUT2D eigenvalue weighted by Gasteiger charge is -2.16. The molecule has 0 saturated carbocycles. The van der Waals surface area contributed by atoms with E-state index in [2.05, 4.69) is 24.5 Å². The van der Waals surface area contributed by atoms with Gasteiger partial charge in [-0.2, -0.15) is 0 Å². The first-order chi connectivity index (χ1) is 12.6. The average molecular weight is 390 g/mol. The third-order valence-corrected chi connectivity index (χ3v) is 6.21. The highest BCUT2D eigenvalue weighted by atomic mass is 32.2. The third-order valence-electron chi connectivity index (χ3n) is 4.26. The van der Waals surface area contributed by atoms with Crippen molar-refractivity contribution in [2.24, 2.45) is 0 Å². The molecule has 6 nitrogen and oxygen atoms in total. The van der Waals surface area contributed by atoms with Crippen molar-refractivity contribution in [2.75, 3.05) is 31.3 Å². The predicted octanol–water partition coefficient (Wildman–Crippen LogP) is 3.42. The van der Waals surface area contributed by atoms with Gasteiger partial charge in [-0.15, -0.1) is 0 Å². The molecule has 0 aromatic heterocycles. The number of nitrogens with one attached hydrogen (secondary N) is 2. The Bertz CT molecular complexity index is 922. The van der Waals surface area contributed by atoms with Crippen LogP contribution in [0.25, 0.3) is 0 Å². The van der Waals surface area contributed by atoms with Gasteiger partial charge in [0.2, 0.25) is 15.9 Å². The Balaban J connectivity index is 2.10. The van der Waals surface area contributed by atoms with Crippen LogP contribution in [0.3, 0.4) is 0 Å². The van der Waals surface area contributed by atoms with Crippen molar-refractivity contribution in [2.45, 2.75) is 31.6 Å². The van der Waals surface area contributed by atoms with E-state index in [1.807, 2.05) is 24.3 Å². The fourth-order valence-electron chi connectivity index (χ4n) is 2.68. The van der Waals surface area contributed by atoms with Crippen LogP contribution in [0.1, 0.15) is 30.9 Å². The van der Waals surface area contributed by atoms with Gasteiger partial charge in [0.25, 0.3) is 0 Å². The first-order valence-electron chi connectivity index (χ1n) is 8.78. The summed E-state index contributed by atoms with van der Waals surface area (Å²) in [4.78, 5) is 12.5. The van der Waals surface area contributed by atoms with E-state index in [0.29, 0.717) is 17.2 Å². The van der Waals surface area contributed by atoms with Crippen molar-refractivity contribution in [3.8, 4) is 0 Å². The molecule has 2 N–H and O–H groups in total. The Morgan fingerprint density at radius 1 is 1.11 bits per heavy atom. The lowest BCUT2D eigenvalue weighted by Crippen LogP contribution is -2.24. The van der Waals surface area contributed by atoms with E-state index in [0.717, 1.165) is 11.3 Å². The van der Waals surface area contributed by atoms with E-state index in [-0.39, 0.29) is 17.3 Å². The zero-order chi connectivity index (χ0) is 20.2. The normalized spacial score (nSPS) is 11.7. The topological polar surface area (TPSA) is 78.5 Å². The van der Waals surface area contributed by atoms with Crippen molar-refractivity contribution in [3.63, 3.8) is 0 Å². The van der Waals surface area contributed by atoms with Gasteiger partial charge in [-0.3, -0.25) is 4.79 Å². The molecule has 0 fully saturated rings. The zero-order valence-corrected chi connectivity index (χ0v) is 17.2. The van der Waals surface area contributed by atoms with Crippen LogP contribution in [-0.2, 0) is 14.8 Å². The minimum absolute atomic E-state index is 0.0386. The molecule has 27 heavy (non-hydrogen) atoms. The minimum Gasteiger partial charge on any atom is -0.376 e. The van der Waals surface area contributed by atoms with Crippen molar-refractivity contribution in [3.05, 3.63) is 53.6 Å². The summed E-state index contributed by atoms with van der Waals surface area (Å²) in [5, 5.41) is 5.91. The molecule has 0 aliphatic rings. The molecule has 7 heteroatoms. The van der Waals surface area contributed by atoms with Crippen LogP contribution in [0, 0.1) is 6.92 Å². The molecule has 0 atom stereocenters. The lowest BCUT2D eigenvalue weighted by atomic mass is 10.0. The Morgan fingerprint density at radius 3 is 2.41 bits per heavy atom. The second-order valence-electron chi connectivity index (χ2n) is 6.91. The van der Waals surface area contributed by atoms with Gasteiger partial charge in [-0.25, -0.2) is 12.7 Å². The molecule has 2 rings (SSSR count). The molecular formula is C20H27N3O3S. The molecule has 0 aliphatic carbocycles. The van der Waals surface area contributed by atoms with Crippen LogP contribution in [-0.4, -0.2) is 39.3 Å². The molecule has 1 amide bonds. The average Bonchev–Trinajstić information content (AvgIpc) is 2.61. The van der Waals surface area contributed by atoms with Crippen LogP contribution in [0.15, 0.2) is 47.4 Å². The van der Waals surface area contributed by atoms with Gasteiger partial charge < -0.3 is 10.6 Å². The summed E-state index contributed by atoms with van der Waals surface area (Å²) in [6.07, 6.45) is 0. The second-order valence-corrected chi connectivity index (χ2v) is 9.03. The summed E-state index contributed by atoms with van der Waals surface area (Å²) >= 11 is 0. The summed E-state index contributed by atoms with van der Waals surface area (Å²) in [6, 6.07) is 12.7. The molecule has 0 saturated heterocycles. The van der Waals surface area contributed by atoms with Crippen molar-refractivity contribution < 1.29 is 13.2 Å². The molecule has 0 radical (unpaired) electrons. The molecule has 146 valence electrons. The van der Waals surface area contributed by atoms with Gasteiger partial charge in [-0.1, -0.05) is 38.1 Å². The summed E-state index contributed by atoms with van der Waals surface area (Å²) in [5.74, 6) is 0.103. The Hall–Kier alpha value is -2.38. The minimum atomic E-state index is -3.54. The van der Waals surface area contributed by atoms with Crippen LogP contribution < -0.4 is 10.6 Å². The van der Waals surface area contributed by atoms with Crippen molar-refractivity contribution in [1.82, 2.24) is 4.31 Å². The number of sulfonamides is 1. The van der Waals surface area contributed by atoms with Crippen molar-refractivity contribution in [1.29, 1.82) is 0 Å². The highest BCUT2D eigenvalue weighted by molar-refractivity contribution is 7.89. The SMILES string of the molecule is Cc1ccc(NCC(=O)Nc2ccccc2C(C)C)cc1S(=O)(=O)N(C)C. The number of amides is 1. The van der Waals surface area contributed by atoms with Crippen LogP contribution in [0.5, 0.6) is 0 Å². The van der Waals surface area contributed by atoms with Gasteiger partial charge >= 0.3 is 0 Å². The Labute approximate surface area is 161 Å². The number of benzene rings is 2. The van der Waals surface area contributed by atoms with E-state index >= 15 is 0 Å². The number of hydrogen-bond donors (Lipinski definition) is 2. The van der Waals surface area contributed by atoms with Gasteiger partial charge in [-0.05, 0) is 42.2 Å². The van der Waals surface area contributed by atoms with Crippen LogP contribution >= 0.6 is 0 Å². The fourth-order valence-corrected chi connectivity index (χ4v) is 3.82. The smallest absolute Gasteiger partial charge is 0.243 e. The molecule has 0 aliphatic heterocycles. The third kappa shape index (κ3) is 5.08. The molecule has 0 heterocycles. The highest BCUT2D eigenvalue weighted by Crippen LogP contribution is 2.24. The number of rotatable bonds is 7. The number of anilines is 2. The Kier molecular flexibility index (Phi) is 6.62. The maximum atomic E-state index is 12.4. The monoisotopic (exact) mass is 389 g/mol. The number of para-hydroxylation sites is 1.